The molecule has 0 radical (unpaired) electrons. The van der Waals surface area contributed by atoms with E-state index in [1.165, 1.54) is 0 Å². The Labute approximate surface area is 194 Å². The van der Waals surface area contributed by atoms with Crippen LogP contribution in [0, 0.1) is 0 Å². The molecular formula is C17H25F11N2O4S. The third-order valence-corrected chi connectivity index (χ3v) is 6.22. The zero-order valence-corrected chi connectivity index (χ0v) is 19.3. The van der Waals surface area contributed by atoms with E-state index in [0.29, 0.717) is 0 Å². The number of carboxylic acid groups (broad SMARTS) is 1. The van der Waals surface area contributed by atoms with Crippen LogP contribution in [0.3, 0.4) is 0 Å². The number of sulfonamides is 1. The van der Waals surface area contributed by atoms with Crippen LogP contribution in [0.4, 0.5) is 48.3 Å². The van der Waals surface area contributed by atoms with Crippen LogP contribution in [0.1, 0.15) is 32.1 Å². The highest BCUT2D eigenvalue weighted by atomic mass is 32.2. The highest BCUT2D eigenvalue weighted by Crippen LogP contribution is 2.52. The summed E-state index contributed by atoms with van der Waals surface area (Å²) in [5, 5.41) is 10.5. The maximum atomic E-state index is 13.8. The van der Waals surface area contributed by atoms with Crippen LogP contribution >= 0.6 is 0 Å². The standard InChI is InChI=1S/C17H25F11N2O4S/c1-30(2,8-4-12(31)32)7-3-6-29-35(33,34)9-5-13(18,19)10-14(20,21)11-15(22,16(23,24)25)17(26,27)28/h29H,3-11H2,1-2H3. The molecule has 0 saturated carbocycles. The Bertz CT molecular complexity index is 798. The first-order chi connectivity index (χ1) is 15.2. The molecule has 210 valence electrons. The number of carbonyl (C=O) groups is 1. The van der Waals surface area contributed by atoms with E-state index < -0.39 is 70.9 Å². The Kier molecular flexibility index (Phi) is 10.8. The Morgan fingerprint density at radius 3 is 1.74 bits per heavy atom. The Morgan fingerprint density at radius 1 is 0.829 bits per heavy atom. The number of nitrogens with one attached hydrogen (secondary N) is 1. The molecule has 0 aliphatic carbocycles. The molecule has 0 fully saturated rings. The topological polar surface area (TPSA) is 86.3 Å². The molecule has 1 N–H and O–H groups in total. The maximum absolute atomic E-state index is 13.8. The molecule has 0 rings (SSSR count). The largest absolute Gasteiger partial charge is 0.550 e. The lowest BCUT2D eigenvalue weighted by Gasteiger charge is -2.33. The smallest absolute Gasteiger partial charge is 0.431 e. The summed E-state index contributed by atoms with van der Waals surface area (Å²) in [5.41, 5.74) is -6.46. The van der Waals surface area contributed by atoms with Gasteiger partial charge in [0.1, 0.15) is 0 Å². The number of aliphatic carboxylic acids is 1. The summed E-state index contributed by atoms with van der Waals surface area (Å²) in [7, 11) is -1.29. The van der Waals surface area contributed by atoms with Gasteiger partial charge in [-0.2, -0.15) is 26.3 Å². The maximum Gasteiger partial charge on any atom is 0.431 e. The van der Waals surface area contributed by atoms with Gasteiger partial charge < -0.3 is 14.4 Å². The van der Waals surface area contributed by atoms with Gasteiger partial charge in [-0.25, -0.2) is 35.1 Å². The summed E-state index contributed by atoms with van der Waals surface area (Å²) in [6.45, 7) is 0.0541. The molecule has 0 spiro atoms. The number of halogens is 11. The molecule has 0 aromatic carbocycles. The second-order valence-corrected chi connectivity index (χ2v) is 10.6. The Hall–Kier alpha value is -1.43. The molecule has 0 atom stereocenters. The van der Waals surface area contributed by atoms with Gasteiger partial charge in [0.15, 0.2) is 0 Å². The number of rotatable bonds is 15. The van der Waals surface area contributed by atoms with Crippen LogP contribution < -0.4 is 9.83 Å². The van der Waals surface area contributed by atoms with E-state index in [1.807, 2.05) is 4.72 Å². The third kappa shape index (κ3) is 11.9. The highest BCUT2D eigenvalue weighted by molar-refractivity contribution is 7.89. The molecular weight excluding hydrogens is 537 g/mol. The van der Waals surface area contributed by atoms with E-state index in [2.05, 4.69) is 0 Å². The van der Waals surface area contributed by atoms with E-state index in [9.17, 15) is 66.6 Å². The van der Waals surface area contributed by atoms with Gasteiger partial charge in [0.25, 0.3) is 11.8 Å². The molecule has 0 aliphatic rings. The quantitative estimate of drug-likeness (QED) is 0.189. The fourth-order valence-electron chi connectivity index (χ4n) is 2.84. The zero-order chi connectivity index (χ0) is 28.1. The first kappa shape index (κ1) is 33.6. The van der Waals surface area contributed by atoms with Crippen LogP contribution in [-0.4, -0.2) is 88.2 Å². The van der Waals surface area contributed by atoms with Crippen LogP contribution in [0.5, 0.6) is 0 Å². The molecule has 18 heteroatoms. The van der Waals surface area contributed by atoms with E-state index in [0.717, 1.165) is 0 Å². The van der Waals surface area contributed by atoms with Crippen molar-refractivity contribution >= 4 is 16.0 Å². The van der Waals surface area contributed by atoms with Crippen molar-refractivity contribution in [1.82, 2.24) is 4.72 Å². The third-order valence-electron chi connectivity index (χ3n) is 4.84. The number of nitrogens with zero attached hydrogens (tertiary/aromatic N) is 1. The minimum absolute atomic E-state index is 0.0984. The second kappa shape index (κ2) is 11.3. The SMILES string of the molecule is C[N+](C)(CCCNS(=O)(=O)CCC(F)(F)CC(F)(F)CC(F)(C(F)(F)F)C(F)(F)F)CCC(=O)[O-]. The molecule has 0 heterocycles. The normalized spacial score (nSPS) is 14.9. The van der Waals surface area contributed by atoms with Gasteiger partial charge in [0.05, 0.1) is 45.8 Å². The molecule has 0 saturated heterocycles. The van der Waals surface area contributed by atoms with Gasteiger partial charge in [0, 0.05) is 31.8 Å². The van der Waals surface area contributed by atoms with Crippen molar-refractivity contribution in [2.24, 2.45) is 0 Å². The van der Waals surface area contributed by atoms with Crippen molar-refractivity contribution in [3.63, 3.8) is 0 Å². The van der Waals surface area contributed by atoms with Crippen molar-refractivity contribution in [1.29, 1.82) is 0 Å². The van der Waals surface area contributed by atoms with Gasteiger partial charge in [-0.1, -0.05) is 0 Å². The number of hydrogen-bond acceptors (Lipinski definition) is 4. The summed E-state index contributed by atoms with van der Waals surface area (Å²) < 4.78 is 169. The number of carbonyl (C=O) groups excluding carboxylic acids is 1. The average molecular weight is 562 g/mol. The van der Waals surface area contributed by atoms with Gasteiger partial charge >= 0.3 is 18.0 Å². The molecule has 0 aromatic heterocycles. The summed E-state index contributed by atoms with van der Waals surface area (Å²) in [5.74, 6) is -13.1. The molecule has 0 amide bonds. The molecule has 0 unspecified atom stereocenters. The fraction of sp³-hybridized carbons (Fsp3) is 0.941. The molecule has 0 bridgehead atoms. The van der Waals surface area contributed by atoms with Gasteiger partial charge in [-0.05, 0) is 0 Å². The van der Waals surface area contributed by atoms with Crippen molar-refractivity contribution < 1.29 is 71.1 Å². The van der Waals surface area contributed by atoms with Crippen LogP contribution in [-0.2, 0) is 14.8 Å². The van der Waals surface area contributed by atoms with Gasteiger partial charge in [-0.3, -0.25) is 0 Å². The molecule has 0 aliphatic heterocycles. The average Bonchev–Trinajstić information content (AvgIpc) is 2.59. The minimum Gasteiger partial charge on any atom is -0.550 e. The lowest BCUT2D eigenvalue weighted by atomic mass is 9.92. The number of carboxylic acids is 1. The lowest BCUT2D eigenvalue weighted by Crippen LogP contribution is -2.56. The van der Waals surface area contributed by atoms with E-state index in [-0.39, 0.29) is 37.0 Å². The van der Waals surface area contributed by atoms with Crippen molar-refractivity contribution in [3.8, 4) is 0 Å². The van der Waals surface area contributed by atoms with Crippen molar-refractivity contribution in [3.05, 3.63) is 0 Å². The summed E-state index contributed by atoms with van der Waals surface area (Å²) in [4.78, 5) is 10.5. The molecule has 0 aromatic rings. The molecule has 6 nitrogen and oxygen atoms in total. The first-order valence-corrected chi connectivity index (χ1v) is 11.5. The predicted octanol–water partition coefficient (Wildman–Crippen LogP) is 2.79. The summed E-state index contributed by atoms with van der Waals surface area (Å²) in [6.07, 6.45) is -22.4. The first-order valence-electron chi connectivity index (χ1n) is 9.81. The minimum atomic E-state index is -6.87. The van der Waals surface area contributed by atoms with Gasteiger partial charge in [-0.15, -0.1) is 0 Å². The van der Waals surface area contributed by atoms with Crippen molar-refractivity contribution in [2.45, 2.75) is 62.0 Å². The van der Waals surface area contributed by atoms with Crippen LogP contribution in [0.15, 0.2) is 0 Å². The predicted molar refractivity (Wildman–Crippen MR) is 97.6 cm³/mol. The van der Waals surface area contributed by atoms with Crippen LogP contribution in [0.2, 0.25) is 0 Å². The van der Waals surface area contributed by atoms with Crippen molar-refractivity contribution in [2.75, 3.05) is 39.5 Å². The fourth-order valence-corrected chi connectivity index (χ4v) is 4.01. The van der Waals surface area contributed by atoms with Crippen LogP contribution in [0.25, 0.3) is 0 Å². The Balaban J connectivity index is 4.95. The number of alkyl halides is 11. The Morgan fingerprint density at radius 2 is 1.31 bits per heavy atom. The zero-order valence-electron chi connectivity index (χ0n) is 18.5. The summed E-state index contributed by atoms with van der Waals surface area (Å²) in [6, 6.07) is 0. The molecule has 35 heavy (non-hydrogen) atoms. The number of quaternary nitrogens is 1. The number of hydrogen-bond donors (Lipinski definition) is 1. The van der Waals surface area contributed by atoms with E-state index in [1.54, 1.807) is 14.1 Å². The lowest BCUT2D eigenvalue weighted by molar-refractivity contribution is -0.890. The highest BCUT2D eigenvalue weighted by Gasteiger charge is 2.75. The second-order valence-electron chi connectivity index (χ2n) is 8.68. The van der Waals surface area contributed by atoms with E-state index in [4.69, 9.17) is 0 Å². The monoisotopic (exact) mass is 562 g/mol. The van der Waals surface area contributed by atoms with E-state index >= 15 is 0 Å². The van der Waals surface area contributed by atoms with Gasteiger partial charge in [0.2, 0.25) is 10.0 Å². The summed E-state index contributed by atoms with van der Waals surface area (Å²) >= 11 is 0.